The van der Waals surface area contributed by atoms with Gasteiger partial charge in [-0.15, -0.1) is 4.99 Å². The third kappa shape index (κ3) is 2.93. The van der Waals surface area contributed by atoms with Crippen LogP contribution in [0, 0.1) is 0 Å². The average Bonchev–Trinajstić information content (AvgIpc) is 2.92. The number of hydrogen-bond donors (Lipinski definition) is 3. The second-order valence-electron chi connectivity index (χ2n) is 5.67. The predicted molar refractivity (Wildman–Crippen MR) is 78.1 cm³/mol. The van der Waals surface area contributed by atoms with E-state index in [1.165, 1.54) is 0 Å². The molecule has 3 N–H and O–H groups in total. The molecule has 0 amide bonds. The van der Waals surface area contributed by atoms with Gasteiger partial charge in [0.15, 0.2) is 0 Å². The van der Waals surface area contributed by atoms with Crippen molar-refractivity contribution < 1.29 is 15.0 Å². The second kappa shape index (κ2) is 5.27. The maximum atomic E-state index is 8.51. The SMILES string of the molecule is CC1(C)CN(Cc2cnc[nH]2)c2cc(NOO)ccc2O1. The molecule has 0 bridgehead atoms. The average molecular weight is 290 g/mol. The van der Waals surface area contributed by atoms with Crippen LogP contribution in [0.1, 0.15) is 19.5 Å². The Morgan fingerprint density at radius 3 is 3.10 bits per heavy atom. The normalized spacial score (nSPS) is 16.2. The van der Waals surface area contributed by atoms with E-state index in [0.717, 1.165) is 23.7 Å². The summed E-state index contributed by atoms with van der Waals surface area (Å²) >= 11 is 0. The van der Waals surface area contributed by atoms with E-state index in [9.17, 15) is 0 Å². The molecular weight excluding hydrogens is 272 g/mol. The highest BCUT2D eigenvalue weighted by atomic mass is 17.2. The first-order valence-corrected chi connectivity index (χ1v) is 6.69. The lowest BCUT2D eigenvalue weighted by atomic mass is 10.0. The zero-order valence-corrected chi connectivity index (χ0v) is 12.0. The highest BCUT2D eigenvalue weighted by Crippen LogP contribution is 2.39. The molecule has 1 aromatic carbocycles. The lowest BCUT2D eigenvalue weighted by molar-refractivity contribution is -0.215. The van der Waals surface area contributed by atoms with Crippen LogP contribution in [0.15, 0.2) is 30.7 Å². The van der Waals surface area contributed by atoms with Crippen molar-refractivity contribution in [1.29, 1.82) is 0 Å². The summed E-state index contributed by atoms with van der Waals surface area (Å²) in [5.74, 6) is 0.800. The summed E-state index contributed by atoms with van der Waals surface area (Å²) in [5, 5.41) is 8.51. The minimum Gasteiger partial charge on any atom is -0.484 e. The van der Waals surface area contributed by atoms with Crippen molar-refractivity contribution in [3.8, 4) is 5.75 Å². The van der Waals surface area contributed by atoms with Gasteiger partial charge in [-0.25, -0.2) is 15.7 Å². The first-order chi connectivity index (χ1) is 10.1. The molecule has 0 saturated carbocycles. The lowest BCUT2D eigenvalue weighted by Gasteiger charge is -2.40. The minimum atomic E-state index is -0.282. The lowest BCUT2D eigenvalue weighted by Crippen LogP contribution is -2.46. The Morgan fingerprint density at radius 2 is 2.38 bits per heavy atom. The van der Waals surface area contributed by atoms with E-state index in [1.54, 1.807) is 18.6 Å². The van der Waals surface area contributed by atoms with Crippen LogP contribution in [0.4, 0.5) is 11.4 Å². The summed E-state index contributed by atoms with van der Waals surface area (Å²) in [7, 11) is 0. The number of fused-ring (bicyclic) bond motifs is 1. The van der Waals surface area contributed by atoms with Gasteiger partial charge in [0.2, 0.25) is 0 Å². The molecule has 7 heteroatoms. The molecule has 21 heavy (non-hydrogen) atoms. The van der Waals surface area contributed by atoms with Gasteiger partial charge >= 0.3 is 0 Å². The van der Waals surface area contributed by atoms with Gasteiger partial charge in [-0.2, -0.15) is 0 Å². The minimum absolute atomic E-state index is 0.282. The zero-order valence-electron chi connectivity index (χ0n) is 12.0. The van der Waals surface area contributed by atoms with Crippen LogP contribution in [0.25, 0.3) is 0 Å². The van der Waals surface area contributed by atoms with Gasteiger partial charge in [-0.05, 0) is 32.0 Å². The monoisotopic (exact) mass is 290 g/mol. The highest BCUT2D eigenvalue weighted by Gasteiger charge is 2.32. The third-order valence-electron chi connectivity index (χ3n) is 3.34. The van der Waals surface area contributed by atoms with Crippen molar-refractivity contribution in [2.45, 2.75) is 26.0 Å². The van der Waals surface area contributed by atoms with Crippen molar-refractivity contribution in [1.82, 2.24) is 9.97 Å². The van der Waals surface area contributed by atoms with Gasteiger partial charge in [0.25, 0.3) is 0 Å². The Balaban J connectivity index is 1.94. The van der Waals surface area contributed by atoms with Crippen molar-refractivity contribution in [3.63, 3.8) is 0 Å². The summed E-state index contributed by atoms with van der Waals surface area (Å²) in [5.41, 5.74) is 4.74. The smallest absolute Gasteiger partial charge is 0.143 e. The fourth-order valence-electron chi connectivity index (χ4n) is 2.56. The maximum Gasteiger partial charge on any atom is 0.143 e. The molecule has 0 spiro atoms. The number of nitrogens with zero attached hydrogens (tertiary/aromatic N) is 2. The van der Waals surface area contributed by atoms with E-state index >= 15 is 0 Å². The molecular formula is C14H18N4O3. The Morgan fingerprint density at radius 1 is 1.52 bits per heavy atom. The molecule has 3 rings (SSSR count). The van der Waals surface area contributed by atoms with E-state index in [4.69, 9.17) is 9.99 Å². The van der Waals surface area contributed by atoms with Crippen molar-refractivity contribution in [2.75, 3.05) is 16.9 Å². The number of anilines is 2. The molecule has 112 valence electrons. The van der Waals surface area contributed by atoms with E-state index < -0.39 is 0 Å². The molecule has 1 aliphatic heterocycles. The number of rotatable bonds is 4. The van der Waals surface area contributed by atoms with Crippen molar-refractivity contribution in [3.05, 3.63) is 36.4 Å². The Bertz CT molecular complexity index is 613. The summed E-state index contributed by atoms with van der Waals surface area (Å²) < 4.78 is 6.00. The Labute approximate surface area is 122 Å². The van der Waals surface area contributed by atoms with Gasteiger partial charge in [0, 0.05) is 6.20 Å². The van der Waals surface area contributed by atoms with Gasteiger partial charge in [0.1, 0.15) is 11.4 Å². The van der Waals surface area contributed by atoms with E-state index in [0.29, 0.717) is 12.2 Å². The fourth-order valence-corrected chi connectivity index (χ4v) is 2.56. The maximum absolute atomic E-state index is 8.51. The van der Waals surface area contributed by atoms with Crippen LogP contribution in [-0.4, -0.2) is 27.4 Å². The van der Waals surface area contributed by atoms with Crippen LogP contribution < -0.4 is 15.1 Å². The number of aromatic amines is 1. The number of aromatic nitrogens is 2. The van der Waals surface area contributed by atoms with Gasteiger partial charge in [-0.1, -0.05) is 0 Å². The molecule has 0 aliphatic carbocycles. The number of ether oxygens (including phenoxy) is 1. The van der Waals surface area contributed by atoms with Crippen molar-refractivity contribution in [2.24, 2.45) is 0 Å². The predicted octanol–water partition coefficient (Wildman–Crippen LogP) is 2.40. The van der Waals surface area contributed by atoms with Crippen LogP contribution in [0.3, 0.4) is 0 Å². The number of benzene rings is 1. The quantitative estimate of drug-likeness (QED) is 0.592. The first kappa shape index (κ1) is 13.7. The van der Waals surface area contributed by atoms with E-state index in [1.807, 2.05) is 12.1 Å². The molecule has 1 aliphatic rings. The van der Waals surface area contributed by atoms with E-state index in [2.05, 4.69) is 39.2 Å². The van der Waals surface area contributed by atoms with Crippen LogP contribution >= 0.6 is 0 Å². The highest BCUT2D eigenvalue weighted by molar-refractivity contribution is 5.67. The molecule has 0 unspecified atom stereocenters. The van der Waals surface area contributed by atoms with Crippen LogP contribution in [0.2, 0.25) is 0 Å². The van der Waals surface area contributed by atoms with Gasteiger partial charge < -0.3 is 14.6 Å². The number of H-pyrrole nitrogens is 1. The van der Waals surface area contributed by atoms with Crippen LogP contribution in [-0.2, 0) is 11.5 Å². The molecule has 1 aromatic heterocycles. The molecule has 0 radical (unpaired) electrons. The number of imidazole rings is 1. The molecule has 7 nitrogen and oxygen atoms in total. The number of hydrogen-bond acceptors (Lipinski definition) is 6. The molecule has 0 saturated heterocycles. The fraction of sp³-hybridized carbons (Fsp3) is 0.357. The van der Waals surface area contributed by atoms with Gasteiger partial charge in [-0.3, -0.25) is 0 Å². The standard InChI is InChI=1S/C14H18N4O3/c1-14(2)8-18(7-11-6-15-9-16-11)12-5-10(17-21-19)3-4-13(12)20-14/h3-6,9,17,19H,7-8H2,1-2H3,(H,15,16). The summed E-state index contributed by atoms with van der Waals surface area (Å²) in [4.78, 5) is 13.3. The Kier molecular flexibility index (Phi) is 3.44. The van der Waals surface area contributed by atoms with Gasteiger partial charge in [0.05, 0.1) is 36.5 Å². The molecule has 0 fully saturated rings. The largest absolute Gasteiger partial charge is 0.484 e. The Hall–Kier alpha value is -2.25. The third-order valence-corrected chi connectivity index (χ3v) is 3.34. The molecule has 0 atom stereocenters. The number of nitrogens with one attached hydrogen (secondary N) is 2. The van der Waals surface area contributed by atoms with Crippen LogP contribution in [0.5, 0.6) is 5.75 Å². The summed E-state index contributed by atoms with van der Waals surface area (Å²) in [6, 6.07) is 5.51. The second-order valence-corrected chi connectivity index (χ2v) is 5.67. The van der Waals surface area contributed by atoms with E-state index in [-0.39, 0.29) is 5.60 Å². The van der Waals surface area contributed by atoms with Crippen molar-refractivity contribution >= 4 is 11.4 Å². The first-order valence-electron chi connectivity index (χ1n) is 6.69. The molecule has 2 aromatic rings. The molecule has 2 heterocycles. The summed E-state index contributed by atoms with van der Waals surface area (Å²) in [6.45, 7) is 5.55. The topological polar surface area (TPSA) is 82.6 Å². The summed E-state index contributed by atoms with van der Waals surface area (Å²) in [6.07, 6.45) is 3.47. The zero-order chi connectivity index (χ0) is 14.9.